The molecule has 0 spiro atoms. The van der Waals surface area contributed by atoms with Crippen molar-refractivity contribution < 1.29 is 0 Å². The highest BCUT2D eigenvalue weighted by Gasteiger charge is 2.04. The number of pyridine rings is 1. The Balaban J connectivity index is 0.00000288. The summed E-state index contributed by atoms with van der Waals surface area (Å²) < 4.78 is 1.84. The molecule has 0 saturated carbocycles. The quantitative estimate of drug-likeness (QED) is 0.410. The van der Waals surface area contributed by atoms with Crippen molar-refractivity contribution in [2.75, 3.05) is 6.54 Å². The zero-order valence-electron chi connectivity index (χ0n) is 14.8. The topological polar surface area (TPSA) is 81.1 Å². The van der Waals surface area contributed by atoms with Crippen LogP contribution in [0.15, 0.2) is 29.4 Å². The number of aromatic nitrogens is 3. The Hall–Kier alpha value is -1.64. The number of aryl methyl sites for hydroxylation is 2. The number of guanidine groups is 1. The van der Waals surface area contributed by atoms with Crippen LogP contribution in [0, 0.1) is 19.8 Å². The van der Waals surface area contributed by atoms with Gasteiger partial charge in [-0.1, -0.05) is 19.9 Å². The van der Waals surface area contributed by atoms with Crippen LogP contribution in [0.2, 0.25) is 0 Å². The van der Waals surface area contributed by atoms with Gasteiger partial charge in [0.05, 0.1) is 12.2 Å². The fourth-order valence-corrected chi connectivity index (χ4v) is 2.22. The van der Waals surface area contributed by atoms with E-state index in [1.165, 1.54) is 0 Å². The SMILES string of the molecule is Cc1cc(C)n(-c2ccc(CN=C(N)NCCC(C)C)cn2)n1.I. The molecule has 6 nitrogen and oxygen atoms in total. The van der Waals surface area contributed by atoms with E-state index in [1.807, 2.05) is 42.9 Å². The molecule has 0 aliphatic carbocycles. The second kappa shape index (κ2) is 9.61. The molecule has 0 aromatic carbocycles. The molecule has 0 aliphatic rings. The first-order valence-corrected chi connectivity index (χ1v) is 7.98. The second-order valence-electron chi connectivity index (χ2n) is 6.17. The lowest BCUT2D eigenvalue weighted by atomic mass is 10.1. The summed E-state index contributed by atoms with van der Waals surface area (Å²) in [4.78, 5) is 8.79. The third-order valence-corrected chi connectivity index (χ3v) is 3.50. The van der Waals surface area contributed by atoms with Crippen LogP contribution in [0.5, 0.6) is 0 Å². The minimum absolute atomic E-state index is 0. The molecule has 24 heavy (non-hydrogen) atoms. The average molecular weight is 442 g/mol. The number of nitrogens with zero attached hydrogens (tertiary/aromatic N) is 4. The van der Waals surface area contributed by atoms with Gasteiger partial charge < -0.3 is 11.1 Å². The van der Waals surface area contributed by atoms with Crippen molar-refractivity contribution in [1.82, 2.24) is 20.1 Å². The van der Waals surface area contributed by atoms with E-state index in [9.17, 15) is 0 Å². The van der Waals surface area contributed by atoms with Crippen LogP contribution in [0.4, 0.5) is 0 Å². The van der Waals surface area contributed by atoms with Gasteiger partial charge in [-0.25, -0.2) is 14.7 Å². The molecular formula is C17H27IN6. The third kappa shape index (κ3) is 6.10. The normalized spacial score (nSPS) is 11.5. The van der Waals surface area contributed by atoms with Gasteiger partial charge in [0.1, 0.15) is 0 Å². The number of halogens is 1. The largest absolute Gasteiger partial charge is 0.370 e. The maximum Gasteiger partial charge on any atom is 0.188 e. The van der Waals surface area contributed by atoms with Gasteiger partial charge in [0.15, 0.2) is 11.8 Å². The lowest BCUT2D eigenvalue weighted by Crippen LogP contribution is -2.32. The smallest absolute Gasteiger partial charge is 0.188 e. The molecule has 0 fully saturated rings. The second-order valence-corrected chi connectivity index (χ2v) is 6.17. The molecule has 0 aliphatic heterocycles. The van der Waals surface area contributed by atoms with Crippen molar-refractivity contribution in [3.8, 4) is 5.82 Å². The number of hydrogen-bond donors (Lipinski definition) is 2. The van der Waals surface area contributed by atoms with Gasteiger partial charge in [-0.3, -0.25) is 0 Å². The molecular weight excluding hydrogens is 415 g/mol. The lowest BCUT2D eigenvalue weighted by Gasteiger charge is -2.07. The minimum Gasteiger partial charge on any atom is -0.370 e. The van der Waals surface area contributed by atoms with Crippen LogP contribution >= 0.6 is 24.0 Å². The Bertz CT molecular complexity index is 660. The molecule has 2 rings (SSSR count). The zero-order chi connectivity index (χ0) is 16.8. The van der Waals surface area contributed by atoms with Crippen LogP contribution in [0.25, 0.3) is 5.82 Å². The van der Waals surface area contributed by atoms with E-state index in [-0.39, 0.29) is 24.0 Å². The van der Waals surface area contributed by atoms with Gasteiger partial charge in [0, 0.05) is 18.4 Å². The molecule has 132 valence electrons. The van der Waals surface area contributed by atoms with Crippen molar-refractivity contribution >= 4 is 29.9 Å². The third-order valence-electron chi connectivity index (χ3n) is 3.50. The summed E-state index contributed by atoms with van der Waals surface area (Å²) >= 11 is 0. The molecule has 0 amide bonds. The monoisotopic (exact) mass is 442 g/mol. The Morgan fingerprint density at radius 2 is 2.08 bits per heavy atom. The van der Waals surface area contributed by atoms with E-state index in [0.29, 0.717) is 18.4 Å². The summed E-state index contributed by atoms with van der Waals surface area (Å²) in [6, 6.07) is 5.99. The molecule has 0 saturated heterocycles. The highest BCUT2D eigenvalue weighted by atomic mass is 127. The average Bonchev–Trinajstić information content (AvgIpc) is 2.84. The summed E-state index contributed by atoms with van der Waals surface area (Å²) in [6.45, 7) is 9.73. The van der Waals surface area contributed by atoms with Crippen molar-refractivity contribution in [2.24, 2.45) is 16.6 Å². The molecule has 7 heteroatoms. The predicted octanol–water partition coefficient (Wildman–Crippen LogP) is 2.95. The van der Waals surface area contributed by atoms with Crippen LogP contribution < -0.4 is 11.1 Å². The first-order valence-electron chi connectivity index (χ1n) is 7.98. The molecule has 3 N–H and O–H groups in total. The first kappa shape index (κ1) is 20.4. The van der Waals surface area contributed by atoms with Crippen molar-refractivity contribution in [3.63, 3.8) is 0 Å². The van der Waals surface area contributed by atoms with E-state index in [4.69, 9.17) is 5.73 Å². The number of hydrogen-bond acceptors (Lipinski definition) is 3. The van der Waals surface area contributed by atoms with Gasteiger partial charge in [0.2, 0.25) is 0 Å². The number of rotatable bonds is 6. The van der Waals surface area contributed by atoms with E-state index in [0.717, 1.165) is 35.7 Å². The van der Waals surface area contributed by atoms with Gasteiger partial charge >= 0.3 is 0 Å². The molecule has 2 heterocycles. The lowest BCUT2D eigenvalue weighted by molar-refractivity contribution is 0.576. The summed E-state index contributed by atoms with van der Waals surface area (Å²) in [5.41, 5.74) is 8.93. The summed E-state index contributed by atoms with van der Waals surface area (Å²) in [7, 11) is 0. The molecule has 0 unspecified atom stereocenters. The molecule has 0 radical (unpaired) electrons. The van der Waals surface area contributed by atoms with Crippen molar-refractivity contribution in [3.05, 3.63) is 41.3 Å². The van der Waals surface area contributed by atoms with Crippen molar-refractivity contribution in [1.29, 1.82) is 0 Å². The first-order chi connectivity index (χ1) is 11.0. The zero-order valence-corrected chi connectivity index (χ0v) is 17.1. The number of aliphatic imine (C=N–C) groups is 1. The van der Waals surface area contributed by atoms with Crippen molar-refractivity contribution in [2.45, 2.75) is 40.7 Å². The maximum absolute atomic E-state index is 5.86. The van der Waals surface area contributed by atoms with Gasteiger partial charge in [0.25, 0.3) is 0 Å². The highest BCUT2D eigenvalue weighted by Crippen LogP contribution is 2.10. The van der Waals surface area contributed by atoms with Crippen LogP contribution in [-0.4, -0.2) is 27.3 Å². The maximum atomic E-state index is 5.86. The number of nitrogens with one attached hydrogen (secondary N) is 1. The summed E-state index contributed by atoms with van der Waals surface area (Å²) in [5.74, 6) is 1.95. The number of nitrogens with two attached hydrogens (primary N) is 1. The Labute approximate surface area is 161 Å². The summed E-state index contributed by atoms with van der Waals surface area (Å²) in [5, 5.41) is 7.55. The van der Waals surface area contributed by atoms with Crippen LogP contribution in [-0.2, 0) is 6.54 Å². The Kier molecular flexibility index (Phi) is 8.17. The fraction of sp³-hybridized carbons (Fsp3) is 0.471. The predicted molar refractivity (Wildman–Crippen MR) is 109 cm³/mol. The summed E-state index contributed by atoms with van der Waals surface area (Å²) in [6.07, 6.45) is 2.89. The van der Waals surface area contributed by atoms with E-state index in [2.05, 4.69) is 34.2 Å². The molecule has 2 aromatic heterocycles. The van der Waals surface area contributed by atoms with Crippen LogP contribution in [0.3, 0.4) is 0 Å². The fourth-order valence-electron chi connectivity index (χ4n) is 2.22. The minimum atomic E-state index is 0. The van der Waals surface area contributed by atoms with Gasteiger partial charge in [-0.05, 0) is 43.9 Å². The molecule has 0 bridgehead atoms. The van der Waals surface area contributed by atoms with E-state index < -0.39 is 0 Å². The Morgan fingerprint density at radius 1 is 1.33 bits per heavy atom. The standard InChI is InChI=1S/C17H26N6.HI/c1-12(2)7-8-19-17(18)21-11-15-5-6-16(20-10-15)23-14(4)9-13(3)22-23;/h5-6,9-10,12H,7-8,11H2,1-4H3,(H3,18,19,21);1H. The van der Waals surface area contributed by atoms with Crippen LogP contribution in [0.1, 0.15) is 37.2 Å². The van der Waals surface area contributed by atoms with E-state index in [1.54, 1.807) is 0 Å². The Morgan fingerprint density at radius 3 is 2.62 bits per heavy atom. The van der Waals surface area contributed by atoms with Gasteiger partial charge in [-0.15, -0.1) is 24.0 Å². The highest BCUT2D eigenvalue weighted by molar-refractivity contribution is 14.0. The molecule has 0 atom stereocenters. The molecule has 2 aromatic rings. The van der Waals surface area contributed by atoms with Gasteiger partial charge in [-0.2, -0.15) is 5.10 Å². The van der Waals surface area contributed by atoms with E-state index >= 15 is 0 Å².